The van der Waals surface area contributed by atoms with E-state index in [0.717, 1.165) is 47.5 Å². The summed E-state index contributed by atoms with van der Waals surface area (Å²) < 4.78 is 1.93. The number of anilines is 2. The Kier molecular flexibility index (Phi) is 4.05. The van der Waals surface area contributed by atoms with Crippen LogP contribution in [0.2, 0.25) is 0 Å². The molecule has 0 bridgehead atoms. The van der Waals surface area contributed by atoms with Crippen LogP contribution in [0.1, 0.15) is 37.9 Å². The predicted molar refractivity (Wildman–Crippen MR) is 108 cm³/mol. The second-order valence-corrected chi connectivity index (χ2v) is 8.51. The average molecular weight is 365 g/mol. The lowest BCUT2D eigenvalue weighted by Crippen LogP contribution is -2.59. The summed E-state index contributed by atoms with van der Waals surface area (Å²) in [6.07, 6.45) is 0. The highest BCUT2D eigenvalue weighted by Crippen LogP contribution is 2.27. The number of fused-ring (bicyclic) bond motifs is 1. The second kappa shape index (κ2) is 6.18. The topological polar surface area (TPSA) is 62.5 Å². The third kappa shape index (κ3) is 3.22. The first kappa shape index (κ1) is 17.7. The summed E-state index contributed by atoms with van der Waals surface area (Å²) in [5.41, 5.74) is 3.92. The molecule has 0 aliphatic carbocycles. The van der Waals surface area contributed by atoms with Gasteiger partial charge in [0.25, 0.3) is 0 Å². The van der Waals surface area contributed by atoms with Crippen molar-refractivity contribution in [1.29, 1.82) is 0 Å². The lowest BCUT2D eigenvalue weighted by Gasteiger charge is -2.45. The van der Waals surface area contributed by atoms with Crippen LogP contribution in [0.5, 0.6) is 0 Å². The van der Waals surface area contributed by atoms with Crippen LogP contribution in [0.3, 0.4) is 0 Å². The van der Waals surface area contributed by atoms with Crippen LogP contribution in [-0.4, -0.2) is 51.0 Å². The molecular formula is C20H27N7. The highest BCUT2D eigenvalue weighted by molar-refractivity contribution is 5.54. The fourth-order valence-electron chi connectivity index (χ4n) is 3.41. The number of rotatable bonds is 3. The molecule has 7 nitrogen and oxygen atoms in total. The minimum atomic E-state index is 0.0235. The van der Waals surface area contributed by atoms with Crippen molar-refractivity contribution in [2.45, 2.75) is 46.1 Å². The molecule has 4 heterocycles. The molecule has 1 fully saturated rings. The van der Waals surface area contributed by atoms with Gasteiger partial charge in [-0.1, -0.05) is 20.8 Å². The molecule has 0 atom stereocenters. The predicted octanol–water partition coefficient (Wildman–Crippen LogP) is 2.76. The molecule has 1 aliphatic heterocycles. The fourth-order valence-corrected chi connectivity index (χ4v) is 3.41. The van der Waals surface area contributed by atoms with Crippen LogP contribution in [-0.2, 0) is 5.41 Å². The fraction of sp³-hybridized carbons (Fsp3) is 0.500. The monoisotopic (exact) mass is 365 g/mol. The normalized spacial score (nSPS) is 15.3. The van der Waals surface area contributed by atoms with E-state index in [1.54, 1.807) is 0 Å². The average Bonchev–Trinajstić information content (AvgIpc) is 2.92. The number of hydrogen-bond acceptors (Lipinski definition) is 6. The van der Waals surface area contributed by atoms with Crippen molar-refractivity contribution in [3.63, 3.8) is 0 Å². The standard InChI is InChI=1S/C20H27N7/c1-13-10-19(27-18(21-13)9-14(2)24-27)25(6)15-11-26(12-15)17-8-7-16(22-23-17)20(3,4)5/h7-10,15H,11-12H2,1-6H3. The van der Waals surface area contributed by atoms with Crippen molar-refractivity contribution in [2.75, 3.05) is 29.9 Å². The zero-order valence-corrected chi connectivity index (χ0v) is 16.9. The van der Waals surface area contributed by atoms with Crippen molar-refractivity contribution < 1.29 is 0 Å². The summed E-state index contributed by atoms with van der Waals surface area (Å²) in [6.45, 7) is 12.3. The van der Waals surface area contributed by atoms with E-state index in [4.69, 9.17) is 0 Å². The van der Waals surface area contributed by atoms with Crippen LogP contribution in [0.15, 0.2) is 24.3 Å². The lowest BCUT2D eigenvalue weighted by molar-refractivity contribution is 0.482. The largest absolute Gasteiger partial charge is 0.353 e. The summed E-state index contributed by atoms with van der Waals surface area (Å²) in [5, 5.41) is 13.4. The van der Waals surface area contributed by atoms with Crippen molar-refractivity contribution in [1.82, 2.24) is 24.8 Å². The maximum absolute atomic E-state index is 4.60. The summed E-state index contributed by atoms with van der Waals surface area (Å²) in [5.74, 6) is 2.02. The molecule has 142 valence electrons. The molecular weight excluding hydrogens is 338 g/mol. The van der Waals surface area contributed by atoms with E-state index in [1.165, 1.54) is 0 Å². The van der Waals surface area contributed by atoms with Crippen LogP contribution >= 0.6 is 0 Å². The lowest BCUT2D eigenvalue weighted by atomic mass is 9.92. The molecule has 0 amide bonds. The molecule has 7 heteroatoms. The van der Waals surface area contributed by atoms with Gasteiger partial charge >= 0.3 is 0 Å². The minimum Gasteiger partial charge on any atom is -0.353 e. The van der Waals surface area contributed by atoms with Gasteiger partial charge in [0, 0.05) is 43.4 Å². The zero-order chi connectivity index (χ0) is 19.3. The SMILES string of the molecule is Cc1cc(N(C)C2CN(c3ccc(C(C)(C)C)nn3)C2)n2nc(C)cc2n1. The number of nitrogens with zero attached hydrogens (tertiary/aromatic N) is 7. The first-order valence-corrected chi connectivity index (χ1v) is 9.38. The molecule has 27 heavy (non-hydrogen) atoms. The second-order valence-electron chi connectivity index (χ2n) is 8.51. The van der Waals surface area contributed by atoms with E-state index in [1.807, 2.05) is 24.4 Å². The summed E-state index contributed by atoms with van der Waals surface area (Å²) in [4.78, 5) is 9.14. The first-order valence-electron chi connectivity index (χ1n) is 9.38. The molecule has 0 unspecified atom stereocenters. The zero-order valence-electron chi connectivity index (χ0n) is 16.9. The van der Waals surface area contributed by atoms with Gasteiger partial charge in [0.05, 0.1) is 17.4 Å². The molecule has 1 saturated heterocycles. The molecule has 0 N–H and O–H groups in total. The third-order valence-electron chi connectivity index (χ3n) is 5.17. The van der Waals surface area contributed by atoms with E-state index in [2.05, 4.69) is 76.1 Å². The van der Waals surface area contributed by atoms with Gasteiger partial charge in [-0.05, 0) is 26.0 Å². The molecule has 0 saturated carbocycles. The van der Waals surface area contributed by atoms with Gasteiger partial charge in [-0.3, -0.25) is 0 Å². The Morgan fingerprint density at radius 3 is 2.41 bits per heavy atom. The van der Waals surface area contributed by atoms with Crippen molar-refractivity contribution >= 4 is 17.3 Å². The Morgan fingerprint density at radius 2 is 1.78 bits per heavy atom. The summed E-state index contributed by atoms with van der Waals surface area (Å²) >= 11 is 0. The Balaban J connectivity index is 1.50. The molecule has 1 aliphatic rings. The van der Waals surface area contributed by atoms with Gasteiger partial charge < -0.3 is 9.80 Å². The molecule has 3 aromatic rings. The number of aryl methyl sites for hydroxylation is 2. The Morgan fingerprint density at radius 1 is 1.04 bits per heavy atom. The van der Waals surface area contributed by atoms with Crippen LogP contribution in [0, 0.1) is 13.8 Å². The Hall–Kier alpha value is -2.70. The van der Waals surface area contributed by atoms with E-state index >= 15 is 0 Å². The van der Waals surface area contributed by atoms with Gasteiger partial charge in [0.2, 0.25) is 0 Å². The smallest absolute Gasteiger partial charge is 0.157 e. The Bertz CT molecular complexity index is 962. The highest BCUT2D eigenvalue weighted by atomic mass is 15.4. The van der Waals surface area contributed by atoms with E-state index in [-0.39, 0.29) is 5.41 Å². The first-order chi connectivity index (χ1) is 12.7. The van der Waals surface area contributed by atoms with Crippen LogP contribution in [0.25, 0.3) is 5.65 Å². The molecule has 0 aromatic carbocycles. The molecule has 0 spiro atoms. The molecule has 0 radical (unpaired) electrons. The van der Waals surface area contributed by atoms with Gasteiger partial charge in [-0.25, -0.2) is 4.98 Å². The maximum Gasteiger partial charge on any atom is 0.157 e. The van der Waals surface area contributed by atoms with E-state index in [0.29, 0.717) is 6.04 Å². The minimum absolute atomic E-state index is 0.0235. The van der Waals surface area contributed by atoms with Gasteiger partial charge in [-0.15, -0.1) is 5.10 Å². The van der Waals surface area contributed by atoms with Gasteiger partial charge in [0.1, 0.15) is 5.82 Å². The Labute approximate surface area is 160 Å². The molecule has 4 rings (SSSR count). The maximum atomic E-state index is 4.60. The summed E-state index contributed by atoms with van der Waals surface area (Å²) in [6, 6.07) is 8.68. The van der Waals surface area contributed by atoms with Crippen molar-refractivity contribution in [3.8, 4) is 0 Å². The van der Waals surface area contributed by atoms with Crippen LogP contribution < -0.4 is 9.80 Å². The quantitative estimate of drug-likeness (QED) is 0.711. The highest BCUT2D eigenvalue weighted by Gasteiger charge is 2.32. The van der Waals surface area contributed by atoms with E-state index < -0.39 is 0 Å². The molecule has 3 aromatic heterocycles. The van der Waals surface area contributed by atoms with Crippen molar-refractivity contribution in [2.24, 2.45) is 0 Å². The number of likely N-dealkylation sites (N-methyl/N-ethyl adjacent to an activating group) is 1. The van der Waals surface area contributed by atoms with Gasteiger partial charge in [0.15, 0.2) is 11.5 Å². The third-order valence-corrected chi connectivity index (χ3v) is 5.17. The van der Waals surface area contributed by atoms with Crippen molar-refractivity contribution in [3.05, 3.63) is 41.3 Å². The van der Waals surface area contributed by atoms with Crippen LogP contribution in [0.4, 0.5) is 11.6 Å². The number of aromatic nitrogens is 5. The number of hydrogen-bond donors (Lipinski definition) is 0. The van der Waals surface area contributed by atoms with E-state index in [9.17, 15) is 0 Å². The van der Waals surface area contributed by atoms with Gasteiger partial charge in [-0.2, -0.15) is 14.7 Å². The summed E-state index contributed by atoms with van der Waals surface area (Å²) in [7, 11) is 2.13.